The van der Waals surface area contributed by atoms with Crippen LogP contribution in [0.1, 0.15) is 17.3 Å². The van der Waals surface area contributed by atoms with E-state index < -0.39 is 24.0 Å². The van der Waals surface area contributed by atoms with Crippen molar-refractivity contribution >= 4 is 29.2 Å². The van der Waals surface area contributed by atoms with E-state index in [1.165, 1.54) is 18.2 Å². The van der Waals surface area contributed by atoms with Crippen LogP contribution in [0.3, 0.4) is 0 Å². The first-order valence-electron chi connectivity index (χ1n) is 5.03. The third-order valence-corrected chi connectivity index (χ3v) is 2.66. The van der Waals surface area contributed by atoms with E-state index in [0.29, 0.717) is 5.02 Å². The number of hydrogen-bond acceptors (Lipinski definition) is 4. The number of nitrogen functional groups attached to an aromatic ring is 1. The molecule has 0 spiro atoms. The number of anilines is 1. The zero-order valence-electron chi connectivity index (χ0n) is 9.61. The third kappa shape index (κ3) is 3.35. The van der Waals surface area contributed by atoms with Crippen LogP contribution in [0.2, 0.25) is 5.02 Å². The zero-order chi connectivity index (χ0) is 13.9. The molecule has 1 amide bonds. The fraction of sp³-hybridized carbons (Fsp3) is 0.273. The molecule has 0 aliphatic rings. The number of rotatable bonds is 4. The van der Waals surface area contributed by atoms with Crippen LogP contribution in [0.4, 0.5) is 5.69 Å². The molecular formula is C11H13ClN2O4. The highest BCUT2D eigenvalue weighted by Crippen LogP contribution is 2.19. The Kier molecular flexibility index (Phi) is 4.15. The molecule has 5 N–H and O–H groups in total. The van der Waals surface area contributed by atoms with Crippen LogP contribution in [0, 0.1) is 0 Å². The van der Waals surface area contributed by atoms with Gasteiger partial charge in [0.05, 0.1) is 17.3 Å². The van der Waals surface area contributed by atoms with Crippen LogP contribution in [-0.2, 0) is 4.79 Å². The maximum atomic E-state index is 11.7. The summed E-state index contributed by atoms with van der Waals surface area (Å²) < 4.78 is 0. The third-order valence-electron chi connectivity index (χ3n) is 2.31. The second-order valence-corrected chi connectivity index (χ2v) is 4.41. The largest absolute Gasteiger partial charge is 0.479 e. The summed E-state index contributed by atoms with van der Waals surface area (Å²) in [5.74, 6) is -1.96. The molecule has 1 unspecified atom stereocenters. The Bertz CT molecular complexity index is 488. The molecule has 1 aromatic carbocycles. The van der Waals surface area contributed by atoms with Crippen molar-refractivity contribution in [2.75, 3.05) is 12.3 Å². The molecule has 0 heterocycles. The topological polar surface area (TPSA) is 113 Å². The number of carboxylic acids is 1. The van der Waals surface area contributed by atoms with Gasteiger partial charge in [0.1, 0.15) is 0 Å². The summed E-state index contributed by atoms with van der Waals surface area (Å²) in [6, 6.07) is 4.28. The quantitative estimate of drug-likeness (QED) is 0.596. The molecule has 0 aliphatic carbocycles. The first-order chi connectivity index (χ1) is 8.24. The summed E-state index contributed by atoms with van der Waals surface area (Å²) in [6.07, 6.45) is 0. The summed E-state index contributed by atoms with van der Waals surface area (Å²) in [6.45, 7) is 0.676. The smallest absolute Gasteiger partial charge is 0.337 e. The van der Waals surface area contributed by atoms with E-state index in [4.69, 9.17) is 22.4 Å². The van der Waals surface area contributed by atoms with Crippen molar-refractivity contribution in [3.63, 3.8) is 0 Å². The maximum absolute atomic E-state index is 11.7. The van der Waals surface area contributed by atoms with Crippen LogP contribution in [0.5, 0.6) is 0 Å². The molecule has 1 aromatic rings. The van der Waals surface area contributed by atoms with Crippen molar-refractivity contribution < 1.29 is 19.8 Å². The average Bonchev–Trinajstić information content (AvgIpc) is 2.29. The van der Waals surface area contributed by atoms with Crippen molar-refractivity contribution in [1.82, 2.24) is 5.32 Å². The summed E-state index contributed by atoms with van der Waals surface area (Å²) in [5.41, 5.74) is 3.99. The lowest BCUT2D eigenvalue weighted by molar-refractivity contribution is -0.155. The van der Waals surface area contributed by atoms with Crippen LogP contribution >= 0.6 is 11.6 Å². The van der Waals surface area contributed by atoms with Gasteiger partial charge < -0.3 is 21.3 Å². The van der Waals surface area contributed by atoms with E-state index in [1.54, 1.807) is 0 Å². The van der Waals surface area contributed by atoms with Gasteiger partial charge in [-0.2, -0.15) is 0 Å². The normalized spacial score (nSPS) is 13.7. The maximum Gasteiger partial charge on any atom is 0.337 e. The summed E-state index contributed by atoms with van der Waals surface area (Å²) in [7, 11) is 0. The fourth-order valence-electron chi connectivity index (χ4n) is 1.12. The molecular weight excluding hydrogens is 260 g/mol. The van der Waals surface area contributed by atoms with E-state index in [1.807, 2.05) is 0 Å². The number of hydrogen-bond donors (Lipinski definition) is 4. The Morgan fingerprint density at radius 3 is 2.61 bits per heavy atom. The molecule has 0 radical (unpaired) electrons. The Balaban J connectivity index is 2.72. The molecule has 0 aliphatic heterocycles. The molecule has 0 aromatic heterocycles. The SMILES string of the molecule is CC(O)(CNC(=O)c1ccc(Cl)c(N)c1)C(=O)O. The number of halogens is 1. The number of carboxylic acid groups (broad SMARTS) is 1. The van der Waals surface area contributed by atoms with Crippen LogP contribution in [-0.4, -0.2) is 34.2 Å². The van der Waals surface area contributed by atoms with Crippen LogP contribution in [0.15, 0.2) is 18.2 Å². The van der Waals surface area contributed by atoms with Gasteiger partial charge in [-0.1, -0.05) is 11.6 Å². The number of nitrogens with one attached hydrogen (secondary N) is 1. The fourth-order valence-corrected chi connectivity index (χ4v) is 1.23. The van der Waals surface area contributed by atoms with E-state index in [2.05, 4.69) is 5.32 Å². The molecule has 98 valence electrons. The summed E-state index contributed by atoms with van der Waals surface area (Å²) in [5, 5.41) is 20.7. The molecule has 0 bridgehead atoms. The first-order valence-corrected chi connectivity index (χ1v) is 5.41. The van der Waals surface area contributed by atoms with Crippen molar-refractivity contribution in [3.05, 3.63) is 28.8 Å². The zero-order valence-corrected chi connectivity index (χ0v) is 10.4. The molecule has 6 nitrogen and oxygen atoms in total. The standard InChI is InChI=1S/C11H13ClN2O4/c1-11(18,10(16)17)5-14-9(15)6-2-3-7(12)8(13)4-6/h2-4,18H,5,13H2,1H3,(H,14,15)(H,16,17). The Morgan fingerprint density at radius 1 is 1.50 bits per heavy atom. The highest BCUT2D eigenvalue weighted by atomic mass is 35.5. The summed E-state index contributed by atoms with van der Waals surface area (Å²) in [4.78, 5) is 22.3. The molecule has 18 heavy (non-hydrogen) atoms. The van der Waals surface area contributed by atoms with Gasteiger partial charge in [0.15, 0.2) is 5.60 Å². The second-order valence-electron chi connectivity index (χ2n) is 4.00. The van der Waals surface area contributed by atoms with Crippen molar-refractivity contribution in [3.8, 4) is 0 Å². The predicted molar refractivity (Wildman–Crippen MR) is 66.5 cm³/mol. The molecule has 0 saturated carbocycles. The van der Waals surface area contributed by atoms with Gasteiger partial charge in [0.2, 0.25) is 0 Å². The average molecular weight is 273 g/mol. The molecule has 0 fully saturated rings. The van der Waals surface area contributed by atoms with Gasteiger partial charge in [-0.15, -0.1) is 0 Å². The van der Waals surface area contributed by atoms with E-state index >= 15 is 0 Å². The second kappa shape index (κ2) is 5.24. The minimum atomic E-state index is -2.02. The monoisotopic (exact) mass is 272 g/mol. The highest BCUT2D eigenvalue weighted by Gasteiger charge is 2.30. The van der Waals surface area contributed by atoms with Gasteiger partial charge in [-0.25, -0.2) is 4.79 Å². The van der Waals surface area contributed by atoms with Crippen molar-refractivity contribution in [1.29, 1.82) is 0 Å². The van der Waals surface area contributed by atoms with Gasteiger partial charge in [0, 0.05) is 5.56 Å². The minimum absolute atomic E-state index is 0.234. The molecule has 1 atom stereocenters. The van der Waals surface area contributed by atoms with E-state index in [0.717, 1.165) is 6.92 Å². The number of aliphatic carboxylic acids is 1. The first kappa shape index (κ1) is 14.3. The Hall–Kier alpha value is -1.79. The predicted octanol–water partition coefficient (Wildman–Crippen LogP) is 0.488. The lowest BCUT2D eigenvalue weighted by atomic mass is 10.1. The molecule has 1 rings (SSSR count). The van der Waals surface area contributed by atoms with Crippen molar-refractivity contribution in [2.45, 2.75) is 12.5 Å². The van der Waals surface area contributed by atoms with Crippen molar-refractivity contribution in [2.24, 2.45) is 0 Å². The minimum Gasteiger partial charge on any atom is -0.479 e. The lowest BCUT2D eigenvalue weighted by Crippen LogP contribution is -2.46. The van der Waals surface area contributed by atoms with Crippen LogP contribution < -0.4 is 11.1 Å². The Morgan fingerprint density at radius 2 is 2.11 bits per heavy atom. The molecule has 0 saturated heterocycles. The number of amides is 1. The Labute approximate surface area is 108 Å². The summed E-state index contributed by atoms with van der Waals surface area (Å²) >= 11 is 5.70. The number of carbonyl (C=O) groups excluding carboxylic acids is 1. The lowest BCUT2D eigenvalue weighted by Gasteiger charge is -2.18. The number of nitrogens with two attached hydrogens (primary N) is 1. The number of carbonyl (C=O) groups is 2. The van der Waals surface area contributed by atoms with Gasteiger partial charge in [0.25, 0.3) is 5.91 Å². The van der Waals surface area contributed by atoms with E-state index in [9.17, 15) is 14.7 Å². The number of benzene rings is 1. The van der Waals surface area contributed by atoms with Gasteiger partial charge >= 0.3 is 5.97 Å². The number of aliphatic hydroxyl groups is 1. The molecule has 7 heteroatoms. The van der Waals surface area contributed by atoms with Gasteiger partial charge in [-0.3, -0.25) is 4.79 Å². The highest BCUT2D eigenvalue weighted by molar-refractivity contribution is 6.33. The van der Waals surface area contributed by atoms with Crippen LogP contribution in [0.25, 0.3) is 0 Å². The van der Waals surface area contributed by atoms with E-state index in [-0.39, 0.29) is 11.3 Å². The van der Waals surface area contributed by atoms with Gasteiger partial charge in [-0.05, 0) is 25.1 Å².